The monoisotopic (exact) mass is 283 g/mol. The van der Waals surface area contributed by atoms with Gasteiger partial charge in [-0.05, 0) is 17.7 Å². The molecule has 0 atom stereocenters. The molecule has 0 spiro atoms. The minimum absolute atomic E-state index is 0.0454. The first-order chi connectivity index (χ1) is 10.1. The Morgan fingerprint density at radius 3 is 3.00 bits per heavy atom. The summed E-state index contributed by atoms with van der Waals surface area (Å²) in [5.41, 5.74) is 0.889. The summed E-state index contributed by atoms with van der Waals surface area (Å²) in [6.07, 6.45) is 2.88. The molecule has 2 aromatic heterocycles. The van der Waals surface area contributed by atoms with Crippen molar-refractivity contribution < 1.29 is 4.39 Å². The molecule has 0 amide bonds. The Morgan fingerprint density at radius 1 is 1.43 bits per heavy atom. The van der Waals surface area contributed by atoms with Crippen LogP contribution in [0.25, 0.3) is 11.0 Å². The van der Waals surface area contributed by atoms with Crippen molar-refractivity contribution in [2.24, 2.45) is 7.05 Å². The highest BCUT2D eigenvalue weighted by atomic mass is 19.1. The Bertz CT molecular complexity index is 935. The number of hydrogen-bond donors (Lipinski definition) is 0. The quantitative estimate of drug-likeness (QED) is 0.708. The summed E-state index contributed by atoms with van der Waals surface area (Å²) in [7, 11) is 1.71. The molecule has 3 aromatic rings. The second-order valence-corrected chi connectivity index (χ2v) is 4.61. The van der Waals surface area contributed by atoms with E-state index >= 15 is 0 Å². The van der Waals surface area contributed by atoms with E-state index in [1.165, 1.54) is 40.0 Å². The second-order valence-electron chi connectivity index (χ2n) is 4.61. The van der Waals surface area contributed by atoms with Crippen LogP contribution in [0.5, 0.6) is 0 Å². The molecule has 0 saturated heterocycles. The lowest BCUT2D eigenvalue weighted by atomic mass is 10.1. The second kappa shape index (κ2) is 4.83. The summed E-state index contributed by atoms with van der Waals surface area (Å²) < 4.78 is 16.2. The number of rotatable bonds is 2. The topological polar surface area (TPSA) is 76.5 Å². The zero-order chi connectivity index (χ0) is 15.0. The Kier molecular flexibility index (Phi) is 2.99. The van der Waals surface area contributed by atoms with Crippen molar-refractivity contribution in [3.05, 3.63) is 58.0 Å². The van der Waals surface area contributed by atoms with Gasteiger partial charge < -0.3 is 0 Å². The first-order valence-electron chi connectivity index (χ1n) is 6.16. The van der Waals surface area contributed by atoms with E-state index in [2.05, 4.69) is 10.1 Å². The molecule has 1 aromatic carbocycles. The van der Waals surface area contributed by atoms with Gasteiger partial charge in [-0.1, -0.05) is 6.07 Å². The standard InChI is InChI=1S/C14H10FN5O/c1-19-13-11(6-18-19)14(21)20(8-17-13)7-9-2-3-12(15)10(4-9)5-16/h2-4,6,8H,7H2,1H3. The Morgan fingerprint density at radius 2 is 2.24 bits per heavy atom. The van der Waals surface area contributed by atoms with Crippen LogP contribution in [0.4, 0.5) is 4.39 Å². The fourth-order valence-corrected chi connectivity index (χ4v) is 2.13. The molecule has 104 valence electrons. The summed E-state index contributed by atoms with van der Waals surface area (Å²) in [4.78, 5) is 16.5. The first-order valence-corrected chi connectivity index (χ1v) is 6.16. The molecule has 2 heterocycles. The maximum absolute atomic E-state index is 13.3. The van der Waals surface area contributed by atoms with Crippen LogP contribution < -0.4 is 5.56 Å². The van der Waals surface area contributed by atoms with Crippen LogP contribution in [-0.4, -0.2) is 19.3 Å². The van der Waals surface area contributed by atoms with Crippen molar-refractivity contribution in [1.29, 1.82) is 5.26 Å². The van der Waals surface area contributed by atoms with Gasteiger partial charge in [-0.15, -0.1) is 0 Å². The third-order valence-electron chi connectivity index (χ3n) is 3.22. The maximum Gasteiger partial charge on any atom is 0.264 e. The van der Waals surface area contributed by atoms with Gasteiger partial charge >= 0.3 is 0 Å². The van der Waals surface area contributed by atoms with E-state index in [0.717, 1.165) is 0 Å². The molecular formula is C14H10FN5O. The van der Waals surface area contributed by atoms with Gasteiger partial charge in [-0.25, -0.2) is 9.37 Å². The number of nitrogens with zero attached hydrogens (tertiary/aromatic N) is 5. The number of hydrogen-bond acceptors (Lipinski definition) is 4. The highest BCUT2D eigenvalue weighted by Crippen LogP contribution is 2.11. The predicted molar refractivity (Wildman–Crippen MR) is 73.0 cm³/mol. The van der Waals surface area contributed by atoms with Crippen LogP contribution in [0.2, 0.25) is 0 Å². The van der Waals surface area contributed by atoms with Gasteiger partial charge in [0.05, 0.1) is 18.3 Å². The molecule has 0 aliphatic rings. The Balaban J connectivity index is 2.04. The van der Waals surface area contributed by atoms with E-state index in [1.54, 1.807) is 13.1 Å². The van der Waals surface area contributed by atoms with E-state index in [9.17, 15) is 9.18 Å². The van der Waals surface area contributed by atoms with Crippen molar-refractivity contribution in [2.75, 3.05) is 0 Å². The average molecular weight is 283 g/mol. The highest BCUT2D eigenvalue weighted by Gasteiger charge is 2.09. The number of fused-ring (bicyclic) bond motifs is 1. The number of aryl methyl sites for hydroxylation is 1. The molecule has 6 nitrogen and oxygen atoms in total. The van der Waals surface area contributed by atoms with Crippen molar-refractivity contribution in [3.8, 4) is 6.07 Å². The van der Waals surface area contributed by atoms with Gasteiger partial charge in [0.15, 0.2) is 5.65 Å². The molecule has 0 unspecified atom stereocenters. The normalized spacial score (nSPS) is 10.7. The van der Waals surface area contributed by atoms with Gasteiger partial charge in [-0.2, -0.15) is 10.4 Å². The largest absolute Gasteiger partial charge is 0.294 e. The molecule has 0 N–H and O–H groups in total. The lowest BCUT2D eigenvalue weighted by molar-refractivity contribution is 0.622. The molecule has 0 aliphatic carbocycles. The molecule has 7 heteroatoms. The minimum Gasteiger partial charge on any atom is -0.294 e. The van der Waals surface area contributed by atoms with Crippen molar-refractivity contribution >= 4 is 11.0 Å². The van der Waals surface area contributed by atoms with Gasteiger partial charge in [0.1, 0.15) is 23.6 Å². The average Bonchev–Trinajstić information content (AvgIpc) is 2.86. The number of benzene rings is 1. The molecule has 0 aliphatic heterocycles. The van der Waals surface area contributed by atoms with E-state index in [4.69, 9.17) is 5.26 Å². The van der Waals surface area contributed by atoms with Crippen molar-refractivity contribution in [1.82, 2.24) is 19.3 Å². The van der Waals surface area contributed by atoms with Gasteiger partial charge in [0.25, 0.3) is 5.56 Å². The maximum atomic E-state index is 13.3. The van der Waals surface area contributed by atoms with E-state index in [0.29, 0.717) is 16.6 Å². The van der Waals surface area contributed by atoms with Gasteiger partial charge in [-0.3, -0.25) is 14.0 Å². The van der Waals surface area contributed by atoms with Crippen molar-refractivity contribution in [3.63, 3.8) is 0 Å². The third-order valence-corrected chi connectivity index (χ3v) is 3.22. The van der Waals surface area contributed by atoms with E-state index < -0.39 is 5.82 Å². The smallest absolute Gasteiger partial charge is 0.264 e. The van der Waals surface area contributed by atoms with Gasteiger partial charge in [0, 0.05) is 7.05 Å². The lowest BCUT2D eigenvalue weighted by Gasteiger charge is -2.06. The number of halogens is 1. The van der Waals surface area contributed by atoms with Crippen LogP contribution in [0.1, 0.15) is 11.1 Å². The summed E-state index contributed by atoms with van der Waals surface area (Å²) >= 11 is 0. The molecule has 21 heavy (non-hydrogen) atoms. The van der Waals surface area contributed by atoms with Crippen LogP contribution in [-0.2, 0) is 13.6 Å². The zero-order valence-corrected chi connectivity index (χ0v) is 11.1. The molecule has 0 fully saturated rings. The van der Waals surface area contributed by atoms with Crippen LogP contribution in [0.3, 0.4) is 0 Å². The van der Waals surface area contributed by atoms with Crippen LogP contribution in [0.15, 0.2) is 35.5 Å². The SMILES string of the molecule is Cn1ncc2c(=O)n(Cc3ccc(F)c(C#N)c3)cnc21. The van der Waals surface area contributed by atoms with E-state index in [-0.39, 0.29) is 17.7 Å². The van der Waals surface area contributed by atoms with Crippen LogP contribution >= 0.6 is 0 Å². The molecule has 0 bridgehead atoms. The summed E-state index contributed by atoms with van der Waals surface area (Å²) in [6, 6.07) is 5.96. The minimum atomic E-state index is -0.575. The lowest BCUT2D eigenvalue weighted by Crippen LogP contribution is -2.21. The van der Waals surface area contributed by atoms with Gasteiger partial charge in [0.2, 0.25) is 0 Å². The molecule has 3 rings (SSSR count). The first kappa shape index (κ1) is 13.0. The third kappa shape index (κ3) is 2.17. The molecule has 0 radical (unpaired) electrons. The predicted octanol–water partition coefficient (Wildman–Crippen LogP) is 1.19. The van der Waals surface area contributed by atoms with Crippen molar-refractivity contribution in [2.45, 2.75) is 6.54 Å². The summed E-state index contributed by atoms with van der Waals surface area (Å²) in [5, 5.41) is 13.2. The van der Waals surface area contributed by atoms with Crippen LogP contribution in [0, 0.1) is 17.1 Å². The zero-order valence-electron chi connectivity index (χ0n) is 11.1. The Labute approximate surface area is 118 Å². The highest BCUT2D eigenvalue weighted by molar-refractivity contribution is 5.72. The number of nitriles is 1. The molecule has 0 saturated carbocycles. The fourth-order valence-electron chi connectivity index (χ4n) is 2.13. The molecular weight excluding hydrogens is 273 g/mol. The fraction of sp³-hybridized carbons (Fsp3) is 0.143. The summed E-state index contributed by atoms with van der Waals surface area (Å²) in [5.74, 6) is -0.575. The summed E-state index contributed by atoms with van der Waals surface area (Å²) in [6.45, 7) is 0.214. The van der Waals surface area contributed by atoms with E-state index in [1.807, 2.05) is 0 Å². The number of aromatic nitrogens is 4. The Hall–Kier alpha value is -3.01.